The van der Waals surface area contributed by atoms with Crippen LogP contribution in [0.3, 0.4) is 0 Å². The van der Waals surface area contributed by atoms with E-state index in [2.05, 4.69) is 4.98 Å². The molecule has 0 saturated carbocycles. The van der Waals surface area contributed by atoms with Crippen molar-refractivity contribution >= 4 is 34.5 Å². The highest BCUT2D eigenvalue weighted by Crippen LogP contribution is 2.31. The van der Waals surface area contributed by atoms with Crippen molar-refractivity contribution in [2.45, 2.75) is 13.0 Å². The van der Waals surface area contributed by atoms with Gasteiger partial charge in [-0.1, -0.05) is 17.7 Å². The van der Waals surface area contributed by atoms with Crippen molar-refractivity contribution in [2.75, 3.05) is 19.6 Å². The van der Waals surface area contributed by atoms with Crippen LogP contribution >= 0.6 is 11.6 Å². The fourth-order valence-corrected chi connectivity index (χ4v) is 4.00. The Balaban J connectivity index is 1.67. The van der Waals surface area contributed by atoms with Crippen molar-refractivity contribution in [3.05, 3.63) is 58.9 Å². The summed E-state index contributed by atoms with van der Waals surface area (Å²) in [4.78, 5) is 31.7. The number of fused-ring (bicyclic) bond motifs is 1. The predicted molar refractivity (Wildman–Crippen MR) is 114 cm³/mol. The molecule has 0 radical (unpaired) electrons. The molecule has 0 bridgehead atoms. The minimum Gasteiger partial charge on any atom is -0.505 e. The number of phenolic OH excluding ortho intramolecular Hbond substituents is 1. The second-order valence-electron chi connectivity index (χ2n) is 7.46. The number of hydrogen-bond donors (Lipinski definition) is 2. The Morgan fingerprint density at radius 1 is 1.16 bits per heavy atom. The lowest BCUT2D eigenvalue weighted by Gasteiger charge is -2.38. The summed E-state index contributed by atoms with van der Waals surface area (Å²) in [5.74, 6) is -1.45. The molecule has 0 aliphatic carbocycles. The third kappa shape index (κ3) is 3.98. The average molecular weight is 444 g/mol. The van der Waals surface area contributed by atoms with Crippen molar-refractivity contribution in [1.29, 1.82) is 0 Å². The summed E-state index contributed by atoms with van der Waals surface area (Å²) in [6.07, 6.45) is -0.998. The van der Waals surface area contributed by atoms with Gasteiger partial charge in [-0.15, -0.1) is 0 Å². The van der Waals surface area contributed by atoms with Crippen LogP contribution in [0.2, 0.25) is 5.02 Å². The van der Waals surface area contributed by atoms with E-state index in [0.29, 0.717) is 39.3 Å². The Morgan fingerprint density at radius 2 is 1.94 bits per heavy atom. The van der Waals surface area contributed by atoms with Gasteiger partial charge in [0.1, 0.15) is 0 Å². The van der Waals surface area contributed by atoms with Gasteiger partial charge < -0.3 is 20.0 Å². The Labute approximate surface area is 182 Å². The number of hydrogen-bond acceptors (Lipinski definition) is 4. The van der Waals surface area contributed by atoms with E-state index in [0.717, 1.165) is 0 Å². The molecule has 160 valence electrons. The predicted octanol–water partition coefficient (Wildman–Crippen LogP) is 4.22. The molecule has 9 heteroatoms. The SMILES string of the molecule is CC1CN(C(=O)O)CCN1C(=O)c1ccc2c(Cl)cc(-c3ccc(O)c(F)c3)nc2c1. The summed E-state index contributed by atoms with van der Waals surface area (Å²) in [5.41, 5.74) is 1.72. The number of carbonyl (C=O) groups is 2. The first-order valence-electron chi connectivity index (χ1n) is 9.62. The van der Waals surface area contributed by atoms with E-state index >= 15 is 0 Å². The smallest absolute Gasteiger partial charge is 0.407 e. The van der Waals surface area contributed by atoms with E-state index in [1.165, 1.54) is 23.1 Å². The number of benzene rings is 2. The van der Waals surface area contributed by atoms with Crippen LogP contribution in [0.15, 0.2) is 42.5 Å². The highest BCUT2D eigenvalue weighted by Gasteiger charge is 2.30. The van der Waals surface area contributed by atoms with Crippen molar-refractivity contribution in [3.8, 4) is 17.0 Å². The number of halogens is 2. The van der Waals surface area contributed by atoms with Gasteiger partial charge in [0, 0.05) is 42.2 Å². The maximum absolute atomic E-state index is 13.8. The average Bonchev–Trinajstić information content (AvgIpc) is 2.74. The number of carbonyl (C=O) groups excluding carboxylic acids is 1. The number of piperazine rings is 1. The van der Waals surface area contributed by atoms with Crippen LogP contribution in [-0.4, -0.2) is 62.7 Å². The summed E-state index contributed by atoms with van der Waals surface area (Å²) in [7, 11) is 0. The number of aromatic nitrogens is 1. The van der Waals surface area contributed by atoms with E-state index in [4.69, 9.17) is 16.7 Å². The molecule has 2 N–H and O–H groups in total. The van der Waals surface area contributed by atoms with Crippen molar-refractivity contribution in [3.63, 3.8) is 0 Å². The normalized spacial score (nSPS) is 16.5. The van der Waals surface area contributed by atoms with Crippen LogP contribution in [-0.2, 0) is 0 Å². The quantitative estimate of drug-likeness (QED) is 0.618. The van der Waals surface area contributed by atoms with E-state index < -0.39 is 17.7 Å². The standard InChI is InChI=1S/C22H19ClFN3O4/c1-12-11-26(22(30)31)6-7-27(12)21(29)14-2-4-15-16(23)10-18(25-19(15)9-14)13-3-5-20(28)17(24)8-13/h2-5,8-10,12,28H,6-7,11H2,1H3,(H,30,31). The number of rotatable bonds is 2. The van der Waals surface area contributed by atoms with Crippen LogP contribution in [0.1, 0.15) is 17.3 Å². The molecule has 4 rings (SSSR count). The largest absolute Gasteiger partial charge is 0.505 e. The Morgan fingerprint density at radius 3 is 2.61 bits per heavy atom. The molecule has 1 fully saturated rings. The van der Waals surface area contributed by atoms with Gasteiger partial charge in [0.05, 0.1) is 16.2 Å². The molecule has 2 heterocycles. The molecule has 31 heavy (non-hydrogen) atoms. The van der Waals surface area contributed by atoms with E-state index in [-0.39, 0.29) is 25.0 Å². The first-order chi connectivity index (χ1) is 14.7. The van der Waals surface area contributed by atoms with Crippen molar-refractivity contribution in [2.24, 2.45) is 0 Å². The molecule has 1 aliphatic heterocycles. The van der Waals surface area contributed by atoms with Crippen LogP contribution in [0.4, 0.5) is 9.18 Å². The van der Waals surface area contributed by atoms with Crippen LogP contribution in [0.25, 0.3) is 22.2 Å². The van der Waals surface area contributed by atoms with Gasteiger partial charge in [-0.3, -0.25) is 4.79 Å². The molecule has 1 unspecified atom stereocenters. The lowest BCUT2D eigenvalue weighted by atomic mass is 10.1. The van der Waals surface area contributed by atoms with E-state index in [1.54, 1.807) is 36.1 Å². The molecule has 1 aliphatic rings. The molecule has 2 amide bonds. The summed E-state index contributed by atoms with van der Waals surface area (Å²) < 4.78 is 13.8. The monoisotopic (exact) mass is 443 g/mol. The summed E-state index contributed by atoms with van der Waals surface area (Å²) >= 11 is 6.39. The Hall–Kier alpha value is -3.39. The molecule has 0 spiro atoms. The van der Waals surface area contributed by atoms with E-state index in [1.807, 2.05) is 0 Å². The second-order valence-corrected chi connectivity index (χ2v) is 7.87. The van der Waals surface area contributed by atoms with Crippen LogP contribution in [0, 0.1) is 5.82 Å². The Bertz CT molecular complexity index is 1200. The molecular formula is C22H19ClFN3O4. The van der Waals surface area contributed by atoms with Crippen LogP contribution in [0.5, 0.6) is 5.75 Å². The van der Waals surface area contributed by atoms with E-state index in [9.17, 15) is 19.1 Å². The minimum atomic E-state index is -0.998. The maximum atomic E-state index is 13.8. The Kier molecular flexibility index (Phi) is 5.41. The fourth-order valence-electron chi connectivity index (χ4n) is 3.73. The summed E-state index contributed by atoms with van der Waals surface area (Å²) in [6.45, 7) is 2.60. The lowest BCUT2D eigenvalue weighted by molar-refractivity contribution is 0.0484. The zero-order valence-electron chi connectivity index (χ0n) is 16.5. The molecule has 3 aromatic rings. The molecule has 1 saturated heterocycles. The van der Waals surface area contributed by atoms with Gasteiger partial charge in [-0.05, 0) is 43.3 Å². The summed E-state index contributed by atoms with van der Waals surface area (Å²) in [5, 5.41) is 19.6. The van der Waals surface area contributed by atoms with Gasteiger partial charge in [0.25, 0.3) is 5.91 Å². The number of carboxylic acid groups (broad SMARTS) is 1. The third-order valence-corrected chi connectivity index (χ3v) is 5.72. The van der Waals surface area contributed by atoms with Crippen LogP contribution < -0.4 is 0 Å². The first kappa shape index (κ1) is 20.9. The lowest BCUT2D eigenvalue weighted by Crippen LogP contribution is -2.55. The number of pyridine rings is 1. The second kappa shape index (κ2) is 8.03. The maximum Gasteiger partial charge on any atom is 0.407 e. The zero-order chi connectivity index (χ0) is 22.3. The van der Waals surface area contributed by atoms with Crippen molar-refractivity contribution < 1.29 is 24.2 Å². The number of nitrogens with zero attached hydrogens (tertiary/aromatic N) is 3. The van der Waals surface area contributed by atoms with Crippen molar-refractivity contribution in [1.82, 2.24) is 14.8 Å². The highest BCUT2D eigenvalue weighted by molar-refractivity contribution is 6.35. The van der Waals surface area contributed by atoms with Gasteiger partial charge in [-0.2, -0.15) is 0 Å². The zero-order valence-corrected chi connectivity index (χ0v) is 17.3. The molecular weight excluding hydrogens is 425 g/mol. The molecule has 2 aromatic carbocycles. The third-order valence-electron chi connectivity index (χ3n) is 5.41. The minimum absolute atomic E-state index is 0.224. The number of aromatic hydroxyl groups is 1. The van der Waals surface area contributed by atoms with Gasteiger partial charge in [-0.25, -0.2) is 14.2 Å². The molecule has 1 aromatic heterocycles. The number of amides is 2. The topological polar surface area (TPSA) is 94.0 Å². The number of phenols is 1. The fraction of sp³-hybridized carbons (Fsp3) is 0.227. The molecule has 1 atom stereocenters. The van der Waals surface area contributed by atoms with Gasteiger partial charge in [0.15, 0.2) is 11.6 Å². The van der Waals surface area contributed by atoms with Gasteiger partial charge >= 0.3 is 6.09 Å². The first-order valence-corrected chi connectivity index (χ1v) is 10.0. The molecule has 7 nitrogen and oxygen atoms in total. The summed E-state index contributed by atoms with van der Waals surface area (Å²) in [6, 6.07) is 10.3. The van der Waals surface area contributed by atoms with Gasteiger partial charge in [0.2, 0.25) is 0 Å². The highest BCUT2D eigenvalue weighted by atomic mass is 35.5.